The molecule has 0 aliphatic heterocycles. The number of halogens is 1. The zero-order valence-electron chi connectivity index (χ0n) is 24.1. The first-order chi connectivity index (χ1) is 20.2. The van der Waals surface area contributed by atoms with Crippen LogP contribution in [-0.2, 0) is 12.8 Å². The van der Waals surface area contributed by atoms with Gasteiger partial charge in [-0.1, -0.05) is 87.4 Å². The maximum Gasteiger partial charge on any atom is 0.149 e. The Bertz CT molecular complexity index is 1500. The molecule has 0 unspecified atom stereocenters. The first kappa shape index (κ1) is 28.2. The van der Waals surface area contributed by atoms with E-state index in [1.54, 1.807) is 6.07 Å². The third-order valence-corrected chi connectivity index (χ3v) is 7.49. The molecule has 0 aliphatic rings. The molecule has 0 atom stereocenters. The Labute approximate surface area is 244 Å². The van der Waals surface area contributed by atoms with E-state index in [1.165, 1.54) is 30.4 Å². The van der Waals surface area contributed by atoms with E-state index >= 15 is 4.39 Å². The summed E-state index contributed by atoms with van der Waals surface area (Å²) in [6.45, 7) is 4.42. The minimum atomic E-state index is -0.276. The normalized spacial score (nSPS) is 10.9. The number of benzene rings is 5. The molecule has 208 valence electrons. The number of rotatable bonds is 12. The van der Waals surface area contributed by atoms with E-state index in [4.69, 9.17) is 0 Å². The minimum Gasteiger partial charge on any atom is -0.310 e. The number of hydrogen-bond acceptors (Lipinski definition) is 2. The number of nitrogens with zero attached hydrogens (tertiary/aromatic N) is 2. The van der Waals surface area contributed by atoms with E-state index in [-0.39, 0.29) is 5.82 Å². The molecule has 0 amide bonds. The summed E-state index contributed by atoms with van der Waals surface area (Å²) >= 11 is 0. The molecule has 0 radical (unpaired) electrons. The Hall–Kier alpha value is -4.37. The van der Waals surface area contributed by atoms with Crippen LogP contribution in [0.15, 0.2) is 127 Å². The van der Waals surface area contributed by atoms with Gasteiger partial charge in [-0.05, 0) is 97.5 Å². The van der Waals surface area contributed by atoms with Crippen molar-refractivity contribution in [1.82, 2.24) is 0 Å². The van der Waals surface area contributed by atoms with Crippen molar-refractivity contribution in [3.8, 4) is 0 Å². The van der Waals surface area contributed by atoms with E-state index in [2.05, 4.69) is 79.4 Å². The molecule has 0 aromatic heterocycles. The van der Waals surface area contributed by atoms with Crippen LogP contribution in [0.25, 0.3) is 0 Å². The lowest BCUT2D eigenvalue weighted by Crippen LogP contribution is -2.14. The van der Waals surface area contributed by atoms with Crippen LogP contribution in [0.1, 0.15) is 50.7 Å². The highest BCUT2D eigenvalue weighted by Crippen LogP contribution is 2.40. The van der Waals surface area contributed by atoms with Crippen LogP contribution < -0.4 is 9.80 Å². The highest BCUT2D eigenvalue weighted by Gasteiger charge is 2.19. The summed E-state index contributed by atoms with van der Waals surface area (Å²) in [5.74, 6) is -0.276. The van der Waals surface area contributed by atoms with Gasteiger partial charge in [0.2, 0.25) is 0 Å². The van der Waals surface area contributed by atoms with Gasteiger partial charge in [0.05, 0.1) is 5.69 Å². The van der Waals surface area contributed by atoms with Gasteiger partial charge in [-0.15, -0.1) is 0 Å². The van der Waals surface area contributed by atoms with E-state index in [9.17, 15) is 0 Å². The molecule has 0 fully saturated rings. The summed E-state index contributed by atoms with van der Waals surface area (Å²) in [4.78, 5) is 4.12. The maximum absolute atomic E-state index is 16.2. The van der Waals surface area contributed by atoms with Crippen molar-refractivity contribution in [2.45, 2.75) is 52.4 Å². The maximum atomic E-state index is 16.2. The molecular formula is C38H39FN2. The largest absolute Gasteiger partial charge is 0.310 e. The van der Waals surface area contributed by atoms with Crippen LogP contribution >= 0.6 is 0 Å². The summed E-state index contributed by atoms with van der Waals surface area (Å²) in [5, 5.41) is 0. The first-order valence-corrected chi connectivity index (χ1v) is 14.9. The Kier molecular flexibility index (Phi) is 9.49. The molecule has 5 rings (SSSR count). The highest BCUT2D eigenvalue weighted by molar-refractivity contribution is 5.81. The highest BCUT2D eigenvalue weighted by atomic mass is 19.1. The second kappa shape index (κ2) is 13.8. The summed E-state index contributed by atoms with van der Waals surface area (Å²) in [6, 6.07) is 42.9. The molecule has 2 nitrogen and oxygen atoms in total. The Morgan fingerprint density at radius 1 is 0.463 bits per heavy atom. The molecule has 0 bridgehead atoms. The lowest BCUT2D eigenvalue weighted by atomic mass is 10.1. The van der Waals surface area contributed by atoms with Gasteiger partial charge in [-0.25, -0.2) is 4.39 Å². The van der Waals surface area contributed by atoms with E-state index in [0.29, 0.717) is 5.69 Å². The van der Waals surface area contributed by atoms with Crippen molar-refractivity contribution >= 4 is 34.1 Å². The van der Waals surface area contributed by atoms with Gasteiger partial charge in [0.1, 0.15) is 5.82 Å². The lowest BCUT2D eigenvalue weighted by molar-refractivity contribution is 0.629. The average Bonchev–Trinajstić information content (AvgIpc) is 3.02. The van der Waals surface area contributed by atoms with Crippen molar-refractivity contribution < 1.29 is 4.39 Å². The third kappa shape index (κ3) is 6.86. The number of anilines is 6. The zero-order valence-corrected chi connectivity index (χ0v) is 24.1. The van der Waals surface area contributed by atoms with Crippen LogP contribution in [0, 0.1) is 5.82 Å². The van der Waals surface area contributed by atoms with Crippen LogP contribution in [0.5, 0.6) is 0 Å². The molecule has 5 aromatic rings. The van der Waals surface area contributed by atoms with Gasteiger partial charge in [0.15, 0.2) is 0 Å². The number of hydrogen-bond donors (Lipinski definition) is 0. The lowest BCUT2D eigenvalue weighted by Gasteiger charge is -2.29. The molecule has 0 saturated carbocycles. The first-order valence-electron chi connectivity index (χ1n) is 14.9. The second-order valence-corrected chi connectivity index (χ2v) is 10.5. The van der Waals surface area contributed by atoms with Gasteiger partial charge >= 0.3 is 0 Å². The van der Waals surface area contributed by atoms with Gasteiger partial charge < -0.3 is 9.80 Å². The summed E-state index contributed by atoms with van der Waals surface area (Å²) in [5.41, 5.74) is 7.78. The van der Waals surface area contributed by atoms with Crippen molar-refractivity contribution in [3.63, 3.8) is 0 Å². The number of aryl methyl sites for hydroxylation is 2. The van der Waals surface area contributed by atoms with Crippen molar-refractivity contribution in [2.24, 2.45) is 0 Å². The molecule has 41 heavy (non-hydrogen) atoms. The quantitative estimate of drug-likeness (QED) is 0.155. The van der Waals surface area contributed by atoms with Gasteiger partial charge in [0, 0.05) is 34.5 Å². The molecule has 5 aromatic carbocycles. The summed E-state index contributed by atoms with van der Waals surface area (Å²) < 4.78 is 16.2. The van der Waals surface area contributed by atoms with Crippen LogP contribution in [0.3, 0.4) is 0 Å². The Morgan fingerprint density at radius 3 is 1.34 bits per heavy atom. The molecular weight excluding hydrogens is 503 g/mol. The van der Waals surface area contributed by atoms with Crippen LogP contribution in [-0.4, -0.2) is 0 Å². The van der Waals surface area contributed by atoms with Gasteiger partial charge in [-0.3, -0.25) is 0 Å². The number of para-hydroxylation sites is 2. The van der Waals surface area contributed by atoms with Gasteiger partial charge in [0.25, 0.3) is 0 Å². The van der Waals surface area contributed by atoms with Crippen LogP contribution in [0.4, 0.5) is 38.5 Å². The molecule has 3 heteroatoms. The summed E-state index contributed by atoms with van der Waals surface area (Å²) in [7, 11) is 0. The SMILES string of the molecule is CCCCc1ccc(N(c2ccccc2)c2ccc(N(c3ccccc3)c3ccc(CCCC)cc3)c(F)c2)cc1. The Balaban J connectivity index is 1.53. The van der Waals surface area contributed by atoms with E-state index in [1.807, 2.05) is 65.6 Å². The minimum absolute atomic E-state index is 0.276. The number of unbranched alkanes of at least 4 members (excludes halogenated alkanes) is 2. The van der Waals surface area contributed by atoms with Crippen molar-refractivity contribution in [2.75, 3.05) is 9.80 Å². The van der Waals surface area contributed by atoms with E-state index < -0.39 is 0 Å². The fourth-order valence-corrected chi connectivity index (χ4v) is 5.23. The smallest absolute Gasteiger partial charge is 0.149 e. The zero-order chi connectivity index (χ0) is 28.4. The van der Waals surface area contributed by atoms with Gasteiger partial charge in [-0.2, -0.15) is 0 Å². The molecule has 0 spiro atoms. The average molecular weight is 543 g/mol. The van der Waals surface area contributed by atoms with Crippen LogP contribution in [0.2, 0.25) is 0 Å². The standard InChI is InChI=1S/C38H39FN2/c1-3-5-13-30-19-23-34(24-20-30)40(32-15-9-7-10-16-32)36-27-28-38(37(39)29-36)41(33-17-11-8-12-18-33)35-25-21-31(22-26-35)14-6-4-2/h7-12,15-29H,3-6,13-14H2,1-2H3. The molecule has 0 saturated heterocycles. The predicted octanol–water partition coefficient (Wildman–Crippen LogP) is 11.5. The predicted molar refractivity (Wildman–Crippen MR) is 173 cm³/mol. The van der Waals surface area contributed by atoms with Crippen molar-refractivity contribution in [3.05, 3.63) is 144 Å². The second-order valence-electron chi connectivity index (χ2n) is 10.5. The molecule has 0 N–H and O–H groups in total. The monoisotopic (exact) mass is 542 g/mol. The van der Waals surface area contributed by atoms with Crippen molar-refractivity contribution in [1.29, 1.82) is 0 Å². The summed E-state index contributed by atoms with van der Waals surface area (Å²) in [6.07, 6.45) is 6.80. The fraction of sp³-hybridized carbons (Fsp3) is 0.211. The Morgan fingerprint density at radius 2 is 0.878 bits per heavy atom. The molecule has 0 aliphatic carbocycles. The molecule has 0 heterocycles. The topological polar surface area (TPSA) is 6.48 Å². The fourth-order valence-electron chi connectivity index (χ4n) is 5.23. The third-order valence-electron chi connectivity index (χ3n) is 7.49. The van der Waals surface area contributed by atoms with E-state index in [0.717, 1.165) is 47.7 Å².